The summed E-state index contributed by atoms with van der Waals surface area (Å²) in [5.41, 5.74) is 0.285. The second-order valence-corrected chi connectivity index (χ2v) is 4.44. The van der Waals surface area contributed by atoms with Gasteiger partial charge >= 0.3 is 5.97 Å². The summed E-state index contributed by atoms with van der Waals surface area (Å²) in [5, 5.41) is 11.2. The van der Waals surface area contributed by atoms with E-state index in [9.17, 15) is 14.0 Å². The molecule has 0 saturated carbocycles. The molecule has 21 heavy (non-hydrogen) atoms. The first-order valence-corrected chi connectivity index (χ1v) is 6.48. The molecule has 2 N–H and O–H groups in total. The maximum Gasteiger partial charge on any atom is 0.328 e. The molecule has 0 aromatic heterocycles. The summed E-state index contributed by atoms with van der Waals surface area (Å²) in [6.07, 6.45) is 2.83. The fraction of sp³-hybridized carbons (Fsp3) is 0.333. The molecule has 0 aliphatic rings. The number of carboxylic acid groups (broad SMARTS) is 1. The number of hydrogen-bond acceptors (Lipinski definition) is 3. The van der Waals surface area contributed by atoms with Crippen LogP contribution in [-0.2, 0) is 9.53 Å². The van der Waals surface area contributed by atoms with E-state index in [2.05, 4.69) is 5.32 Å². The van der Waals surface area contributed by atoms with Crippen molar-refractivity contribution >= 4 is 18.0 Å². The predicted molar refractivity (Wildman–Crippen MR) is 76.5 cm³/mol. The van der Waals surface area contributed by atoms with Crippen LogP contribution in [0, 0.1) is 5.82 Å². The molecule has 1 amide bonds. The molecule has 0 fully saturated rings. The Bertz CT molecular complexity index is 542. The summed E-state index contributed by atoms with van der Waals surface area (Å²) >= 11 is 0. The number of benzene rings is 1. The highest BCUT2D eigenvalue weighted by atomic mass is 19.1. The molecular formula is C15H18FNO4. The molecule has 1 aromatic carbocycles. The van der Waals surface area contributed by atoms with Gasteiger partial charge in [-0.1, -0.05) is 13.0 Å². The van der Waals surface area contributed by atoms with Crippen molar-refractivity contribution in [3.05, 3.63) is 41.2 Å². The molecule has 0 bridgehead atoms. The molecule has 1 rings (SSSR count). The van der Waals surface area contributed by atoms with Gasteiger partial charge in [-0.05, 0) is 30.2 Å². The van der Waals surface area contributed by atoms with Crippen LogP contribution >= 0.6 is 0 Å². The lowest BCUT2D eigenvalue weighted by Gasteiger charge is -2.16. The van der Waals surface area contributed by atoms with Gasteiger partial charge in [0.25, 0.3) is 5.91 Å². The summed E-state index contributed by atoms with van der Waals surface area (Å²) in [6.45, 7) is 2.24. The quantitative estimate of drug-likeness (QED) is 0.755. The van der Waals surface area contributed by atoms with E-state index in [-0.39, 0.29) is 11.6 Å². The van der Waals surface area contributed by atoms with Crippen LogP contribution in [0.3, 0.4) is 0 Å². The highest BCUT2D eigenvalue weighted by Gasteiger charge is 2.15. The molecule has 5 nitrogen and oxygen atoms in total. The largest absolute Gasteiger partial charge is 0.478 e. The Morgan fingerprint density at radius 1 is 1.48 bits per heavy atom. The smallest absolute Gasteiger partial charge is 0.328 e. The van der Waals surface area contributed by atoms with E-state index in [0.717, 1.165) is 12.1 Å². The van der Waals surface area contributed by atoms with Crippen LogP contribution in [0.15, 0.2) is 24.3 Å². The van der Waals surface area contributed by atoms with E-state index in [0.29, 0.717) is 18.6 Å². The van der Waals surface area contributed by atoms with Crippen molar-refractivity contribution in [2.45, 2.75) is 19.4 Å². The Hall–Kier alpha value is -2.21. The first-order valence-electron chi connectivity index (χ1n) is 6.48. The third-order valence-electron chi connectivity index (χ3n) is 2.85. The number of amides is 1. The standard InChI is InChI=1S/C15H18FNO4/c1-3-11(9-21-2)17-15(20)12-6-4-10(8-13(12)16)5-7-14(18)19/h4-8,11H,3,9H2,1-2H3,(H,17,20)(H,18,19). The molecule has 0 spiro atoms. The monoisotopic (exact) mass is 295 g/mol. The zero-order chi connectivity index (χ0) is 15.8. The molecule has 1 unspecified atom stereocenters. The average molecular weight is 295 g/mol. The van der Waals surface area contributed by atoms with Gasteiger partial charge in [0, 0.05) is 13.2 Å². The van der Waals surface area contributed by atoms with Crippen molar-refractivity contribution < 1.29 is 23.8 Å². The van der Waals surface area contributed by atoms with Crippen LogP contribution in [0.5, 0.6) is 0 Å². The fourth-order valence-corrected chi connectivity index (χ4v) is 1.71. The molecule has 1 atom stereocenters. The predicted octanol–water partition coefficient (Wildman–Crippen LogP) is 2.08. The molecule has 0 aliphatic heterocycles. The summed E-state index contributed by atoms with van der Waals surface area (Å²) in [7, 11) is 1.53. The average Bonchev–Trinajstić information content (AvgIpc) is 2.44. The van der Waals surface area contributed by atoms with Gasteiger partial charge in [0.1, 0.15) is 5.82 Å². The lowest BCUT2D eigenvalue weighted by Crippen LogP contribution is -2.37. The summed E-state index contributed by atoms with van der Waals surface area (Å²) in [5.74, 6) is -2.35. The Kier molecular flexibility index (Phi) is 6.55. The van der Waals surface area contributed by atoms with E-state index < -0.39 is 17.7 Å². The normalized spacial score (nSPS) is 12.3. The van der Waals surface area contributed by atoms with E-state index in [1.807, 2.05) is 6.92 Å². The highest BCUT2D eigenvalue weighted by molar-refractivity contribution is 5.95. The minimum atomic E-state index is -1.12. The third kappa shape index (κ3) is 5.35. The van der Waals surface area contributed by atoms with Gasteiger partial charge in [0.2, 0.25) is 0 Å². The molecule has 0 aliphatic carbocycles. The molecular weight excluding hydrogens is 277 g/mol. The van der Waals surface area contributed by atoms with Crippen LogP contribution in [0.4, 0.5) is 4.39 Å². The minimum absolute atomic E-state index is 0.0861. The van der Waals surface area contributed by atoms with Crippen LogP contribution in [0.25, 0.3) is 6.08 Å². The zero-order valence-electron chi connectivity index (χ0n) is 11.9. The maximum atomic E-state index is 13.9. The second-order valence-electron chi connectivity index (χ2n) is 4.44. The molecule has 1 aromatic rings. The molecule has 0 saturated heterocycles. The Morgan fingerprint density at radius 3 is 2.71 bits per heavy atom. The Morgan fingerprint density at radius 2 is 2.19 bits per heavy atom. The van der Waals surface area contributed by atoms with Crippen LogP contribution in [0.2, 0.25) is 0 Å². The zero-order valence-corrected chi connectivity index (χ0v) is 11.9. The number of aliphatic carboxylic acids is 1. The molecule has 114 valence electrons. The lowest BCUT2D eigenvalue weighted by molar-refractivity contribution is -0.131. The summed E-state index contributed by atoms with van der Waals surface area (Å²) in [6, 6.07) is 3.74. The number of carbonyl (C=O) groups excluding carboxylic acids is 1. The fourth-order valence-electron chi connectivity index (χ4n) is 1.71. The van der Waals surface area contributed by atoms with Gasteiger partial charge in [-0.3, -0.25) is 4.79 Å². The SMILES string of the molecule is CCC(COC)NC(=O)c1ccc(C=CC(=O)O)cc1F. The number of nitrogens with one attached hydrogen (secondary N) is 1. The van der Waals surface area contributed by atoms with Gasteiger partial charge in [-0.25, -0.2) is 9.18 Å². The van der Waals surface area contributed by atoms with E-state index in [1.54, 1.807) is 0 Å². The van der Waals surface area contributed by atoms with Crippen LogP contribution in [-0.4, -0.2) is 36.7 Å². The van der Waals surface area contributed by atoms with Crippen molar-refractivity contribution in [1.29, 1.82) is 0 Å². The van der Waals surface area contributed by atoms with Crippen LogP contribution in [0.1, 0.15) is 29.3 Å². The Labute approximate surface area is 122 Å². The lowest BCUT2D eigenvalue weighted by atomic mass is 10.1. The highest BCUT2D eigenvalue weighted by Crippen LogP contribution is 2.12. The Balaban J connectivity index is 2.84. The number of ether oxygens (including phenoxy) is 1. The molecule has 0 heterocycles. The first kappa shape index (κ1) is 16.8. The minimum Gasteiger partial charge on any atom is -0.478 e. The van der Waals surface area contributed by atoms with Crippen molar-refractivity contribution in [2.75, 3.05) is 13.7 Å². The van der Waals surface area contributed by atoms with Gasteiger partial charge in [0.05, 0.1) is 18.2 Å². The number of hydrogen-bond donors (Lipinski definition) is 2. The summed E-state index contributed by atoms with van der Waals surface area (Å²) < 4.78 is 18.9. The number of halogens is 1. The number of carboxylic acids is 1. The number of methoxy groups -OCH3 is 1. The van der Waals surface area contributed by atoms with Crippen molar-refractivity contribution in [3.8, 4) is 0 Å². The van der Waals surface area contributed by atoms with Crippen molar-refractivity contribution in [3.63, 3.8) is 0 Å². The second kappa shape index (κ2) is 8.16. The van der Waals surface area contributed by atoms with E-state index in [1.165, 1.54) is 25.3 Å². The van der Waals surface area contributed by atoms with Gasteiger partial charge in [0.15, 0.2) is 0 Å². The number of carbonyl (C=O) groups is 2. The molecule has 6 heteroatoms. The summed E-state index contributed by atoms with van der Waals surface area (Å²) in [4.78, 5) is 22.4. The first-order chi connectivity index (χ1) is 9.97. The van der Waals surface area contributed by atoms with Gasteiger partial charge < -0.3 is 15.2 Å². The number of rotatable bonds is 7. The van der Waals surface area contributed by atoms with Gasteiger partial charge in [-0.2, -0.15) is 0 Å². The topological polar surface area (TPSA) is 75.6 Å². The van der Waals surface area contributed by atoms with E-state index >= 15 is 0 Å². The third-order valence-corrected chi connectivity index (χ3v) is 2.85. The molecule has 0 radical (unpaired) electrons. The van der Waals surface area contributed by atoms with Gasteiger partial charge in [-0.15, -0.1) is 0 Å². The van der Waals surface area contributed by atoms with Crippen molar-refractivity contribution in [2.24, 2.45) is 0 Å². The van der Waals surface area contributed by atoms with Crippen LogP contribution < -0.4 is 5.32 Å². The van der Waals surface area contributed by atoms with E-state index in [4.69, 9.17) is 9.84 Å². The maximum absolute atomic E-state index is 13.9. The van der Waals surface area contributed by atoms with Crippen molar-refractivity contribution in [1.82, 2.24) is 5.32 Å².